The van der Waals surface area contributed by atoms with E-state index in [0.717, 1.165) is 50.7 Å². The topological polar surface area (TPSA) is 43.2 Å². The van der Waals surface area contributed by atoms with Crippen molar-refractivity contribution in [2.75, 3.05) is 31.1 Å². The Balaban J connectivity index is 1.88. The maximum atomic E-state index is 7.95. The monoisotopic (exact) mass is 232 g/mol. The molecule has 4 heteroatoms. The van der Waals surface area contributed by atoms with Gasteiger partial charge in [0.1, 0.15) is 5.82 Å². The van der Waals surface area contributed by atoms with Crippen LogP contribution in [-0.2, 0) is 0 Å². The van der Waals surface area contributed by atoms with Gasteiger partial charge in [-0.1, -0.05) is 13.0 Å². The molecule has 1 fully saturated rings. The molecule has 1 aliphatic rings. The number of piperazine rings is 1. The van der Waals surface area contributed by atoms with E-state index in [4.69, 9.17) is 5.41 Å². The fourth-order valence-electron chi connectivity index (χ4n) is 2.14. The van der Waals surface area contributed by atoms with Gasteiger partial charge in [-0.15, -0.1) is 0 Å². The lowest BCUT2D eigenvalue weighted by atomic mass is 10.2. The highest BCUT2D eigenvalue weighted by atomic mass is 15.3. The van der Waals surface area contributed by atoms with Gasteiger partial charge < -0.3 is 9.80 Å². The molecule has 92 valence electrons. The number of rotatable bonds is 3. The zero-order valence-corrected chi connectivity index (χ0v) is 10.4. The second-order valence-electron chi connectivity index (χ2n) is 4.36. The summed E-state index contributed by atoms with van der Waals surface area (Å²) in [5.41, 5.74) is 0. The van der Waals surface area contributed by atoms with Gasteiger partial charge in [0.05, 0.1) is 5.84 Å². The molecular formula is C13H20N4. The lowest BCUT2D eigenvalue weighted by Crippen LogP contribution is -2.48. The summed E-state index contributed by atoms with van der Waals surface area (Å²) < 4.78 is 0. The molecule has 1 aliphatic heterocycles. The number of nitrogens with one attached hydrogen (secondary N) is 1. The second kappa shape index (κ2) is 5.66. The molecule has 1 saturated heterocycles. The summed E-state index contributed by atoms with van der Waals surface area (Å²) in [5.74, 6) is 1.84. The summed E-state index contributed by atoms with van der Waals surface area (Å²) in [4.78, 5) is 8.83. The summed E-state index contributed by atoms with van der Waals surface area (Å²) in [5, 5.41) is 7.95. The molecule has 17 heavy (non-hydrogen) atoms. The third kappa shape index (κ3) is 2.96. The van der Waals surface area contributed by atoms with Crippen LogP contribution in [0.5, 0.6) is 0 Å². The Morgan fingerprint density at radius 3 is 2.65 bits per heavy atom. The summed E-state index contributed by atoms with van der Waals surface area (Å²) >= 11 is 0. The lowest BCUT2D eigenvalue weighted by molar-refractivity contribution is 0.375. The SMILES string of the molecule is CCCC(=N)N1CCN(c2ccccn2)CC1. The first-order chi connectivity index (χ1) is 8.31. The molecule has 1 N–H and O–H groups in total. The van der Waals surface area contributed by atoms with Crippen molar-refractivity contribution in [2.24, 2.45) is 0 Å². The Hall–Kier alpha value is -1.58. The molecule has 0 atom stereocenters. The van der Waals surface area contributed by atoms with E-state index < -0.39 is 0 Å². The number of anilines is 1. The average molecular weight is 232 g/mol. The third-order valence-corrected chi connectivity index (χ3v) is 3.12. The highest BCUT2D eigenvalue weighted by Gasteiger charge is 2.18. The normalized spacial score (nSPS) is 16.1. The minimum atomic E-state index is 0.785. The van der Waals surface area contributed by atoms with Crippen molar-refractivity contribution < 1.29 is 0 Å². The fourth-order valence-corrected chi connectivity index (χ4v) is 2.14. The highest BCUT2D eigenvalue weighted by Crippen LogP contribution is 2.13. The summed E-state index contributed by atoms with van der Waals surface area (Å²) in [6.07, 6.45) is 3.78. The van der Waals surface area contributed by atoms with Crippen LogP contribution in [-0.4, -0.2) is 41.9 Å². The summed E-state index contributed by atoms with van der Waals surface area (Å²) in [7, 11) is 0. The molecule has 0 radical (unpaired) electrons. The largest absolute Gasteiger partial charge is 0.357 e. The number of nitrogens with zero attached hydrogens (tertiary/aromatic N) is 3. The molecule has 0 aliphatic carbocycles. The maximum Gasteiger partial charge on any atom is 0.128 e. The molecule has 0 saturated carbocycles. The molecule has 1 aromatic heterocycles. The van der Waals surface area contributed by atoms with Crippen LogP contribution in [0.3, 0.4) is 0 Å². The minimum Gasteiger partial charge on any atom is -0.357 e. The van der Waals surface area contributed by atoms with Crippen molar-refractivity contribution >= 4 is 11.7 Å². The van der Waals surface area contributed by atoms with Crippen LogP contribution in [0, 0.1) is 5.41 Å². The van der Waals surface area contributed by atoms with E-state index in [1.165, 1.54) is 0 Å². The van der Waals surface area contributed by atoms with E-state index in [9.17, 15) is 0 Å². The van der Waals surface area contributed by atoms with Crippen LogP contribution in [0.2, 0.25) is 0 Å². The highest BCUT2D eigenvalue weighted by molar-refractivity contribution is 5.79. The molecule has 0 spiro atoms. The molecule has 0 amide bonds. The lowest BCUT2D eigenvalue weighted by Gasteiger charge is -2.36. The van der Waals surface area contributed by atoms with Gasteiger partial charge in [0.15, 0.2) is 0 Å². The second-order valence-corrected chi connectivity index (χ2v) is 4.36. The molecular weight excluding hydrogens is 212 g/mol. The number of aromatic nitrogens is 1. The van der Waals surface area contributed by atoms with Gasteiger partial charge in [-0.3, -0.25) is 5.41 Å². The van der Waals surface area contributed by atoms with Gasteiger partial charge in [-0.2, -0.15) is 0 Å². The van der Waals surface area contributed by atoms with Crippen molar-refractivity contribution in [3.05, 3.63) is 24.4 Å². The van der Waals surface area contributed by atoms with E-state index in [2.05, 4.69) is 21.7 Å². The first kappa shape index (κ1) is 11.9. The molecule has 2 rings (SSSR count). The van der Waals surface area contributed by atoms with Crippen LogP contribution in [0.25, 0.3) is 0 Å². The molecule has 4 nitrogen and oxygen atoms in total. The third-order valence-electron chi connectivity index (χ3n) is 3.12. The average Bonchev–Trinajstić information content (AvgIpc) is 2.40. The smallest absolute Gasteiger partial charge is 0.128 e. The maximum absolute atomic E-state index is 7.95. The Kier molecular flexibility index (Phi) is 3.96. The van der Waals surface area contributed by atoms with Gasteiger partial charge >= 0.3 is 0 Å². The van der Waals surface area contributed by atoms with E-state index in [0.29, 0.717) is 0 Å². The van der Waals surface area contributed by atoms with Crippen molar-refractivity contribution in [3.63, 3.8) is 0 Å². The van der Waals surface area contributed by atoms with Crippen LogP contribution in [0.4, 0.5) is 5.82 Å². The Morgan fingerprint density at radius 2 is 2.06 bits per heavy atom. The zero-order chi connectivity index (χ0) is 12.1. The minimum absolute atomic E-state index is 0.785. The number of hydrogen-bond acceptors (Lipinski definition) is 3. The van der Waals surface area contributed by atoms with Gasteiger partial charge in [0.2, 0.25) is 0 Å². The fraction of sp³-hybridized carbons (Fsp3) is 0.538. The quantitative estimate of drug-likeness (QED) is 0.640. The van der Waals surface area contributed by atoms with E-state index >= 15 is 0 Å². The molecule has 0 bridgehead atoms. The number of pyridine rings is 1. The van der Waals surface area contributed by atoms with Crippen molar-refractivity contribution in [3.8, 4) is 0 Å². The molecule has 0 aromatic carbocycles. The van der Waals surface area contributed by atoms with Gasteiger partial charge in [-0.25, -0.2) is 4.98 Å². The van der Waals surface area contributed by atoms with Crippen molar-refractivity contribution in [2.45, 2.75) is 19.8 Å². The van der Waals surface area contributed by atoms with E-state index in [-0.39, 0.29) is 0 Å². The molecule has 1 aromatic rings. The molecule has 2 heterocycles. The van der Waals surface area contributed by atoms with Gasteiger partial charge in [0.25, 0.3) is 0 Å². The van der Waals surface area contributed by atoms with Crippen LogP contribution >= 0.6 is 0 Å². The predicted molar refractivity (Wildman–Crippen MR) is 70.7 cm³/mol. The van der Waals surface area contributed by atoms with Gasteiger partial charge in [0, 0.05) is 38.8 Å². The predicted octanol–water partition coefficient (Wildman–Crippen LogP) is 1.98. The van der Waals surface area contributed by atoms with Crippen molar-refractivity contribution in [1.82, 2.24) is 9.88 Å². The Bertz CT molecular complexity index is 355. The van der Waals surface area contributed by atoms with Crippen LogP contribution in [0.15, 0.2) is 24.4 Å². The van der Waals surface area contributed by atoms with E-state index in [1.54, 1.807) is 0 Å². The van der Waals surface area contributed by atoms with Crippen molar-refractivity contribution in [1.29, 1.82) is 5.41 Å². The Labute approximate surface area is 103 Å². The Morgan fingerprint density at radius 1 is 1.29 bits per heavy atom. The number of hydrogen-bond donors (Lipinski definition) is 1. The first-order valence-corrected chi connectivity index (χ1v) is 6.29. The summed E-state index contributed by atoms with van der Waals surface area (Å²) in [6, 6.07) is 6.01. The number of amidine groups is 1. The standard InChI is InChI=1S/C13H20N4/c1-2-5-12(14)16-8-10-17(11-9-16)13-6-3-4-7-15-13/h3-4,6-7,14H,2,5,8-11H2,1H3. The summed E-state index contributed by atoms with van der Waals surface area (Å²) in [6.45, 7) is 5.93. The van der Waals surface area contributed by atoms with Gasteiger partial charge in [-0.05, 0) is 18.6 Å². The zero-order valence-electron chi connectivity index (χ0n) is 10.4. The van der Waals surface area contributed by atoms with Crippen LogP contribution in [0.1, 0.15) is 19.8 Å². The first-order valence-electron chi connectivity index (χ1n) is 6.29. The van der Waals surface area contributed by atoms with E-state index in [1.807, 2.05) is 24.4 Å². The van der Waals surface area contributed by atoms with Crippen LogP contribution < -0.4 is 4.90 Å². The molecule has 0 unspecified atom stereocenters.